The van der Waals surface area contributed by atoms with Crippen molar-refractivity contribution in [2.75, 3.05) is 40.3 Å². The SMILES string of the molecule is CC.COc1ccc(C2=CC(=O)N3C=C(N4CC5CN(C)C[C@@H]5C4)C=CC3P2)cc1F. The van der Waals surface area contributed by atoms with E-state index < -0.39 is 5.82 Å². The summed E-state index contributed by atoms with van der Waals surface area (Å²) in [5.74, 6) is 1.22. The van der Waals surface area contributed by atoms with Crippen LogP contribution in [0.2, 0.25) is 0 Å². The third kappa shape index (κ3) is 4.28. The van der Waals surface area contributed by atoms with E-state index in [1.54, 1.807) is 12.1 Å². The topological polar surface area (TPSA) is 36.0 Å². The van der Waals surface area contributed by atoms with Crippen molar-refractivity contribution in [2.45, 2.75) is 19.6 Å². The fourth-order valence-corrected chi connectivity index (χ4v) is 6.27. The van der Waals surface area contributed by atoms with Gasteiger partial charge >= 0.3 is 0 Å². The van der Waals surface area contributed by atoms with Crippen LogP contribution in [0.25, 0.3) is 5.31 Å². The highest BCUT2D eigenvalue weighted by Crippen LogP contribution is 2.45. The standard InChI is InChI=1S/C22H25FN3O2P.C2H6/c1-24-9-15-11-25(12-16(15)10-24)17-4-6-22-26(13-17)21(27)8-20(29-22)14-3-5-19(28-2)18(23)7-14;1-2/h3-8,13,15-16,22,29H,9-12H2,1-2H3;1-2H3/t15-,16?,22?;/m1./s1. The van der Waals surface area contributed by atoms with Gasteiger partial charge in [-0.15, -0.1) is 0 Å². The molecule has 1 aromatic rings. The smallest absolute Gasteiger partial charge is 0.252 e. The highest BCUT2D eigenvalue weighted by molar-refractivity contribution is 7.51. The zero-order valence-electron chi connectivity index (χ0n) is 18.6. The number of carbonyl (C=O) groups is 1. The molecule has 0 aromatic heterocycles. The first-order valence-corrected chi connectivity index (χ1v) is 12.1. The lowest BCUT2D eigenvalue weighted by atomic mass is 10.0. The molecular weight excluding hydrogens is 412 g/mol. The Morgan fingerprint density at radius 3 is 2.48 bits per heavy atom. The molecule has 0 bridgehead atoms. The van der Waals surface area contributed by atoms with E-state index in [1.165, 1.54) is 13.2 Å². The first-order chi connectivity index (χ1) is 15.0. The molecule has 4 aliphatic heterocycles. The molecule has 166 valence electrons. The Balaban J connectivity index is 0.00000112. The van der Waals surface area contributed by atoms with Crippen LogP contribution in [0, 0.1) is 17.7 Å². The zero-order valence-corrected chi connectivity index (χ0v) is 19.6. The van der Waals surface area contributed by atoms with E-state index in [0.29, 0.717) is 8.58 Å². The number of hydrogen-bond donors (Lipinski definition) is 0. The Kier molecular flexibility index (Phi) is 6.49. The van der Waals surface area contributed by atoms with Crippen LogP contribution in [0.5, 0.6) is 5.75 Å². The molecule has 0 N–H and O–H groups in total. The van der Waals surface area contributed by atoms with Gasteiger partial charge in [0.2, 0.25) is 0 Å². The lowest BCUT2D eigenvalue weighted by Gasteiger charge is -2.36. The van der Waals surface area contributed by atoms with Gasteiger partial charge in [0.1, 0.15) is 0 Å². The second-order valence-corrected chi connectivity index (χ2v) is 9.72. The number of nitrogens with zero attached hydrogens (tertiary/aromatic N) is 3. The molecule has 4 atom stereocenters. The molecule has 2 saturated heterocycles. The van der Waals surface area contributed by atoms with Crippen molar-refractivity contribution < 1.29 is 13.9 Å². The van der Waals surface area contributed by atoms with Gasteiger partial charge in [0.05, 0.1) is 18.6 Å². The summed E-state index contributed by atoms with van der Waals surface area (Å²) in [4.78, 5) is 19.5. The third-order valence-electron chi connectivity index (χ3n) is 6.34. The highest BCUT2D eigenvalue weighted by atomic mass is 31.1. The van der Waals surface area contributed by atoms with Crippen molar-refractivity contribution in [2.24, 2.45) is 11.8 Å². The first-order valence-electron chi connectivity index (χ1n) is 11.0. The predicted molar refractivity (Wildman–Crippen MR) is 124 cm³/mol. The number of likely N-dealkylation sites (tertiary alicyclic amines) is 2. The maximum Gasteiger partial charge on any atom is 0.252 e. The van der Waals surface area contributed by atoms with Crippen LogP contribution in [0.1, 0.15) is 19.4 Å². The maximum absolute atomic E-state index is 14.1. The minimum absolute atomic E-state index is 0.00430. The van der Waals surface area contributed by atoms with Crippen LogP contribution in [-0.2, 0) is 4.79 Å². The fraction of sp³-hybridized carbons (Fsp3) is 0.458. The Morgan fingerprint density at radius 2 is 1.84 bits per heavy atom. The zero-order chi connectivity index (χ0) is 22.1. The van der Waals surface area contributed by atoms with Crippen molar-refractivity contribution in [3.05, 3.63) is 59.7 Å². The Bertz CT molecular complexity index is 931. The van der Waals surface area contributed by atoms with Crippen LogP contribution in [0.3, 0.4) is 0 Å². The summed E-state index contributed by atoms with van der Waals surface area (Å²) >= 11 is 0. The molecule has 3 unspecified atom stereocenters. The largest absolute Gasteiger partial charge is 0.494 e. The van der Waals surface area contributed by atoms with Crippen molar-refractivity contribution in [3.8, 4) is 5.75 Å². The molecule has 5 nitrogen and oxygen atoms in total. The summed E-state index contributed by atoms with van der Waals surface area (Å²) in [7, 11) is 4.02. The third-order valence-corrected chi connectivity index (χ3v) is 7.85. The number of rotatable bonds is 3. The van der Waals surface area contributed by atoms with Gasteiger partial charge in [-0.3, -0.25) is 4.79 Å². The average molecular weight is 444 g/mol. The lowest BCUT2D eigenvalue weighted by Crippen LogP contribution is -2.37. The molecule has 0 spiro atoms. The van der Waals surface area contributed by atoms with Crippen molar-refractivity contribution in [1.82, 2.24) is 14.7 Å². The van der Waals surface area contributed by atoms with Gasteiger partial charge in [-0.1, -0.05) is 34.6 Å². The quantitative estimate of drug-likeness (QED) is 0.663. The van der Waals surface area contributed by atoms with Gasteiger partial charge < -0.3 is 19.4 Å². The molecule has 0 radical (unpaired) electrons. The second kappa shape index (κ2) is 9.13. The second-order valence-electron chi connectivity index (χ2n) is 8.30. The highest BCUT2D eigenvalue weighted by Gasteiger charge is 2.40. The fourth-order valence-electron chi connectivity index (χ4n) is 4.89. The van der Waals surface area contributed by atoms with Crippen molar-refractivity contribution >= 4 is 19.8 Å². The molecular formula is C24H31FN3O2P. The number of hydrogen-bond acceptors (Lipinski definition) is 4. The molecule has 1 amide bonds. The number of methoxy groups -OCH3 is 1. The number of fused-ring (bicyclic) bond motifs is 2. The summed E-state index contributed by atoms with van der Waals surface area (Å²) < 4.78 is 19.1. The summed E-state index contributed by atoms with van der Waals surface area (Å²) in [6.07, 6.45) is 7.94. The minimum Gasteiger partial charge on any atom is -0.494 e. The molecule has 7 heteroatoms. The monoisotopic (exact) mass is 443 g/mol. The number of halogens is 1. The van der Waals surface area contributed by atoms with Gasteiger partial charge in [0, 0.05) is 38.5 Å². The molecule has 5 rings (SSSR count). The number of amides is 1. The molecule has 1 aromatic carbocycles. The first kappa shape index (κ1) is 22.0. The number of allylic oxidation sites excluding steroid dienone is 1. The van der Waals surface area contributed by atoms with Gasteiger partial charge in [-0.2, -0.15) is 0 Å². The van der Waals surface area contributed by atoms with Gasteiger partial charge in [-0.25, -0.2) is 4.39 Å². The van der Waals surface area contributed by atoms with Crippen LogP contribution in [0.4, 0.5) is 4.39 Å². The van der Waals surface area contributed by atoms with Crippen LogP contribution >= 0.6 is 8.58 Å². The Labute approximate surface area is 186 Å². The summed E-state index contributed by atoms with van der Waals surface area (Å²) in [5.41, 5.74) is 1.87. The molecule has 0 saturated carbocycles. The average Bonchev–Trinajstić information content (AvgIpc) is 3.32. The minimum atomic E-state index is -0.405. The lowest BCUT2D eigenvalue weighted by molar-refractivity contribution is -0.123. The van der Waals surface area contributed by atoms with E-state index in [-0.39, 0.29) is 17.4 Å². The van der Waals surface area contributed by atoms with E-state index in [9.17, 15) is 9.18 Å². The van der Waals surface area contributed by atoms with E-state index in [0.717, 1.165) is 54.6 Å². The van der Waals surface area contributed by atoms with Gasteiger partial charge in [0.15, 0.2) is 11.6 Å². The summed E-state index contributed by atoms with van der Waals surface area (Å²) in [5, 5.41) is 0.887. The van der Waals surface area contributed by atoms with E-state index in [4.69, 9.17) is 4.74 Å². The number of carbonyl (C=O) groups excluding carboxylic acids is 1. The molecule has 4 aliphatic rings. The van der Waals surface area contributed by atoms with Gasteiger partial charge in [-0.05, 0) is 48.0 Å². The van der Waals surface area contributed by atoms with E-state index in [1.807, 2.05) is 31.0 Å². The van der Waals surface area contributed by atoms with E-state index in [2.05, 4.69) is 29.0 Å². The van der Waals surface area contributed by atoms with Crippen LogP contribution < -0.4 is 4.74 Å². The predicted octanol–water partition coefficient (Wildman–Crippen LogP) is 3.95. The Morgan fingerprint density at radius 1 is 1.13 bits per heavy atom. The number of benzene rings is 1. The normalized spacial score (nSPS) is 28.0. The Hall–Kier alpha value is -2.17. The maximum atomic E-state index is 14.1. The molecule has 0 aliphatic carbocycles. The molecule has 2 fully saturated rings. The van der Waals surface area contributed by atoms with Gasteiger partial charge in [0.25, 0.3) is 5.91 Å². The molecule has 4 heterocycles. The summed E-state index contributed by atoms with van der Waals surface area (Å²) in [6, 6.07) is 4.88. The van der Waals surface area contributed by atoms with Crippen LogP contribution in [0.15, 0.2) is 48.3 Å². The van der Waals surface area contributed by atoms with Crippen molar-refractivity contribution in [3.63, 3.8) is 0 Å². The van der Waals surface area contributed by atoms with E-state index >= 15 is 0 Å². The van der Waals surface area contributed by atoms with Crippen LogP contribution in [-0.4, -0.2) is 66.7 Å². The summed E-state index contributed by atoms with van der Waals surface area (Å²) in [6.45, 7) is 8.45. The number of ether oxygens (including phenoxy) is 1. The molecule has 31 heavy (non-hydrogen) atoms. The van der Waals surface area contributed by atoms with Crippen molar-refractivity contribution in [1.29, 1.82) is 0 Å².